The van der Waals surface area contributed by atoms with E-state index in [1.165, 1.54) is 0 Å². The van der Waals surface area contributed by atoms with E-state index in [0.29, 0.717) is 35.8 Å². The van der Waals surface area contributed by atoms with Crippen LogP contribution in [0.5, 0.6) is 17.2 Å². The van der Waals surface area contributed by atoms with E-state index in [0.717, 1.165) is 18.4 Å². The fourth-order valence-corrected chi connectivity index (χ4v) is 3.25. The average Bonchev–Trinajstić information content (AvgIpc) is 3.24. The van der Waals surface area contributed by atoms with Gasteiger partial charge in [-0.1, -0.05) is 0 Å². The summed E-state index contributed by atoms with van der Waals surface area (Å²) < 4.78 is 16.7. The van der Waals surface area contributed by atoms with Crippen LogP contribution in [-0.2, 0) is 4.79 Å². The molecule has 124 valence electrons. The second-order valence-corrected chi connectivity index (χ2v) is 6.03. The molecule has 0 saturated heterocycles. The van der Waals surface area contributed by atoms with Gasteiger partial charge in [0.2, 0.25) is 12.4 Å². The zero-order chi connectivity index (χ0) is 16.6. The summed E-state index contributed by atoms with van der Waals surface area (Å²) in [5, 5.41) is 9.63. The summed E-state index contributed by atoms with van der Waals surface area (Å²) in [4.78, 5) is 16.1. The van der Waals surface area contributed by atoms with Crippen molar-refractivity contribution in [2.75, 3.05) is 6.79 Å². The van der Waals surface area contributed by atoms with Crippen LogP contribution in [0, 0.1) is 0 Å². The fraction of sp³-hybridized carbons (Fsp3) is 0.333. The Balaban J connectivity index is 1.72. The molecular formula is C18H17NO5. The van der Waals surface area contributed by atoms with Crippen LogP contribution in [0.4, 0.5) is 0 Å². The number of carbonyl (C=O) groups is 1. The second kappa shape index (κ2) is 5.70. The Bertz CT molecular complexity index is 783. The van der Waals surface area contributed by atoms with Crippen LogP contribution in [0.25, 0.3) is 11.3 Å². The van der Waals surface area contributed by atoms with Crippen molar-refractivity contribution in [3.8, 4) is 28.5 Å². The van der Waals surface area contributed by atoms with Gasteiger partial charge in [0.05, 0.1) is 0 Å². The van der Waals surface area contributed by atoms with Gasteiger partial charge >= 0.3 is 5.97 Å². The molecule has 0 bridgehead atoms. The molecule has 1 saturated carbocycles. The zero-order valence-electron chi connectivity index (χ0n) is 13.0. The Hall–Kier alpha value is -2.76. The van der Waals surface area contributed by atoms with Crippen LogP contribution >= 0.6 is 0 Å². The molecule has 0 amide bonds. The topological polar surface area (TPSA) is 77.9 Å². The third-order valence-corrected chi connectivity index (χ3v) is 4.52. The normalized spacial score (nSPS) is 17.7. The van der Waals surface area contributed by atoms with Crippen LogP contribution in [0.2, 0.25) is 0 Å². The summed E-state index contributed by atoms with van der Waals surface area (Å²) in [6.45, 7) is 0.201. The first-order valence-electron chi connectivity index (χ1n) is 7.95. The van der Waals surface area contributed by atoms with Crippen LogP contribution in [0.3, 0.4) is 0 Å². The maximum atomic E-state index is 11.7. The predicted molar refractivity (Wildman–Crippen MR) is 85.3 cm³/mol. The lowest BCUT2D eigenvalue weighted by Crippen LogP contribution is -2.41. The molecule has 1 aliphatic carbocycles. The number of nitrogens with zero attached hydrogens (tertiary/aromatic N) is 1. The lowest BCUT2D eigenvalue weighted by atomic mass is 10.0. The molecule has 24 heavy (non-hydrogen) atoms. The minimum Gasteiger partial charge on any atom is -0.478 e. The van der Waals surface area contributed by atoms with Crippen molar-refractivity contribution in [3.05, 3.63) is 36.5 Å². The molecule has 0 atom stereocenters. The molecule has 4 rings (SSSR count). The Morgan fingerprint density at radius 2 is 1.96 bits per heavy atom. The van der Waals surface area contributed by atoms with Crippen molar-refractivity contribution in [3.63, 3.8) is 0 Å². The minimum atomic E-state index is -1.16. The monoisotopic (exact) mass is 327 g/mol. The van der Waals surface area contributed by atoms with Crippen molar-refractivity contribution < 1.29 is 24.1 Å². The summed E-state index contributed by atoms with van der Waals surface area (Å²) in [5.74, 6) is 0.897. The van der Waals surface area contributed by atoms with Gasteiger partial charge < -0.3 is 19.3 Å². The van der Waals surface area contributed by atoms with Crippen LogP contribution in [-0.4, -0.2) is 28.5 Å². The van der Waals surface area contributed by atoms with Gasteiger partial charge in [0.25, 0.3) is 0 Å². The molecule has 1 aromatic carbocycles. The van der Waals surface area contributed by atoms with Crippen LogP contribution < -0.4 is 14.2 Å². The number of fused-ring (bicyclic) bond motifs is 1. The lowest BCUT2D eigenvalue weighted by Gasteiger charge is -2.26. The molecule has 2 aromatic rings. The van der Waals surface area contributed by atoms with E-state index in [-0.39, 0.29) is 6.79 Å². The van der Waals surface area contributed by atoms with E-state index >= 15 is 0 Å². The fourth-order valence-electron chi connectivity index (χ4n) is 3.25. The Kier molecular flexibility index (Phi) is 3.52. The summed E-state index contributed by atoms with van der Waals surface area (Å²) in [6, 6.07) is 9.02. The van der Waals surface area contributed by atoms with E-state index < -0.39 is 11.6 Å². The number of aromatic nitrogens is 1. The average molecular weight is 327 g/mol. The molecule has 2 heterocycles. The number of carboxylic acids is 1. The van der Waals surface area contributed by atoms with Crippen molar-refractivity contribution in [2.24, 2.45) is 0 Å². The van der Waals surface area contributed by atoms with Gasteiger partial charge in [0.15, 0.2) is 11.5 Å². The number of carboxylic acid groups (broad SMARTS) is 1. The molecule has 1 N–H and O–H groups in total. The molecule has 2 aliphatic rings. The highest BCUT2D eigenvalue weighted by Gasteiger charge is 2.44. The van der Waals surface area contributed by atoms with Crippen LogP contribution in [0.15, 0.2) is 36.5 Å². The van der Waals surface area contributed by atoms with E-state index in [1.807, 2.05) is 18.2 Å². The number of pyridine rings is 1. The number of benzene rings is 1. The maximum Gasteiger partial charge on any atom is 0.348 e. The lowest BCUT2D eigenvalue weighted by molar-refractivity contribution is -0.154. The molecule has 1 fully saturated rings. The standard InChI is InChI=1S/C18H17NO5/c20-17(21)18(7-1-2-8-18)24-14-4-3-9-19-16(14)12-5-6-13-15(10-12)23-11-22-13/h3-6,9-10H,1-2,7-8,11H2,(H,20,21). The Morgan fingerprint density at radius 1 is 1.17 bits per heavy atom. The third-order valence-electron chi connectivity index (χ3n) is 4.52. The largest absolute Gasteiger partial charge is 0.478 e. The Morgan fingerprint density at radius 3 is 2.75 bits per heavy atom. The van der Waals surface area contributed by atoms with Gasteiger partial charge in [0, 0.05) is 11.8 Å². The van der Waals surface area contributed by atoms with E-state index in [2.05, 4.69) is 4.98 Å². The Labute approximate surface area is 139 Å². The quantitative estimate of drug-likeness (QED) is 0.929. The van der Waals surface area contributed by atoms with Crippen LogP contribution in [0.1, 0.15) is 25.7 Å². The van der Waals surface area contributed by atoms with Gasteiger partial charge in [-0.3, -0.25) is 4.98 Å². The minimum absolute atomic E-state index is 0.201. The number of ether oxygens (including phenoxy) is 3. The van der Waals surface area contributed by atoms with Gasteiger partial charge in [0.1, 0.15) is 11.4 Å². The molecule has 0 spiro atoms. The summed E-state index contributed by atoms with van der Waals surface area (Å²) in [5.41, 5.74) is 0.241. The number of hydrogen-bond donors (Lipinski definition) is 1. The molecule has 1 aliphatic heterocycles. The number of rotatable bonds is 4. The highest BCUT2D eigenvalue weighted by molar-refractivity contribution is 5.79. The van der Waals surface area contributed by atoms with E-state index in [1.54, 1.807) is 18.3 Å². The van der Waals surface area contributed by atoms with Crippen molar-refractivity contribution >= 4 is 5.97 Å². The van der Waals surface area contributed by atoms with Crippen molar-refractivity contribution in [2.45, 2.75) is 31.3 Å². The summed E-state index contributed by atoms with van der Waals surface area (Å²) >= 11 is 0. The molecule has 6 heteroatoms. The first-order valence-corrected chi connectivity index (χ1v) is 7.95. The van der Waals surface area contributed by atoms with Gasteiger partial charge in [-0.2, -0.15) is 0 Å². The molecule has 0 unspecified atom stereocenters. The smallest absolute Gasteiger partial charge is 0.348 e. The maximum absolute atomic E-state index is 11.7. The number of hydrogen-bond acceptors (Lipinski definition) is 5. The first-order chi connectivity index (χ1) is 11.7. The van der Waals surface area contributed by atoms with Crippen molar-refractivity contribution in [1.82, 2.24) is 4.98 Å². The second-order valence-electron chi connectivity index (χ2n) is 6.03. The van der Waals surface area contributed by atoms with Gasteiger partial charge in [-0.25, -0.2) is 4.79 Å². The summed E-state index contributed by atoms with van der Waals surface area (Å²) in [6.07, 6.45) is 4.39. The third kappa shape index (κ3) is 2.44. The van der Waals surface area contributed by atoms with E-state index in [4.69, 9.17) is 14.2 Å². The number of aliphatic carboxylic acids is 1. The molecule has 0 radical (unpaired) electrons. The molecular weight excluding hydrogens is 310 g/mol. The van der Waals surface area contributed by atoms with Gasteiger partial charge in [-0.05, 0) is 56.0 Å². The molecule has 1 aromatic heterocycles. The summed E-state index contributed by atoms with van der Waals surface area (Å²) in [7, 11) is 0. The first kappa shape index (κ1) is 14.8. The SMILES string of the molecule is O=C(O)C1(Oc2cccnc2-c2ccc3c(c2)OCO3)CCCC1. The zero-order valence-corrected chi connectivity index (χ0v) is 13.0. The van der Waals surface area contributed by atoms with Gasteiger partial charge in [-0.15, -0.1) is 0 Å². The van der Waals surface area contributed by atoms with Crippen molar-refractivity contribution in [1.29, 1.82) is 0 Å². The molecule has 6 nitrogen and oxygen atoms in total. The highest BCUT2D eigenvalue weighted by Crippen LogP contribution is 2.40. The van der Waals surface area contributed by atoms with E-state index in [9.17, 15) is 9.90 Å². The highest BCUT2D eigenvalue weighted by atomic mass is 16.7. The predicted octanol–water partition coefficient (Wildman–Crippen LogP) is 3.25.